The summed E-state index contributed by atoms with van der Waals surface area (Å²) in [6.45, 7) is 4.77. The highest BCUT2D eigenvalue weighted by atomic mass is 16.7. The maximum atomic E-state index is 12.9. The highest BCUT2D eigenvalue weighted by molar-refractivity contribution is 5.70. The van der Waals surface area contributed by atoms with Crippen molar-refractivity contribution in [1.82, 2.24) is 0 Å². The molecule has 0 aliphatic rings. The molecule has 9 nitrogen and oxygen atoms in total. The number of carbonyl (C=O) groups excluding carboxylic acids is 3. The van der Waals surface area contributed by atoms with Gasteiger partial charge >= 0.3 is 11.9 Å². The third kappa shape index (κ3) is 64.4. The van der Waals surface area contributed by atoms with Crippen molar-refractivity contribution < 1.29 is 42.9 Å². The van der Waals surface area contributed by atoms with Crippen molar-refractivity contribution in [3.8, 4) is 0 Å². The molecule has 0 rings (SSSR count). The first-order valence-electron chi connectivity index (χ1n) is 34.4. The van der Waals surface area contributed by atoms with Crippen LogP contribution in [-0.2, 0) is 33.3 Å². The summed E-state index contributed by atoms with van der Waals surface area (Å²) in [4.78, 5) is 37.5. The van der Waals surface area contributed by atoms with E-state index in [0.717, 1.165) is 51.4 Å². The number of hydrogen-bond donors (Lipinski definition) is 0. The summed E-state index contributed by atoms with van der Waals surface area (Å²) in [5.74, 6) is -2.27. The lowest BCUT2D eigenvalue weighted by atomic mass is 10.0. The second-order valence-electron chi connectivity index (χ2n) is 24.5. The quantitative estimate of drug-likeness (QED) is 0.0195. The zero-order valence-corrected chi connectivity index (χ0v) is 53.9. The van der Waals surface area contributed by atoms with Crippen molar-refractivity contribution in [3.63, 3.8) is 0 Å². The first kappa shape index (κ1) is 78.0. The summed E-state index contributed by atoms with van der Waals surface area (Å²) in [5, 5.41) is 11.8. The molecule has 0 N–H and O–H groups in total. The number of carbonyl (C=O) groups is 3. The average molecular weight is 1140 g/mol. The molecule has 0 amide bonds. The molecule has 0 aromatic carbocycles. The highest BCUT2D eigenvalue weighted by Gasteiger charge is 2.22. The van der Waals surface area contributed by atoms with Crippen molar-refractivity contribution in [2.45, 2.75) is 334 Å². The summed E-state index contributed by atoms with van der Waals surface area (Å²) in [5.41, 5.74) is 0. The summed E-state index contributed by atoms with van der Waals surface area (Å²) in [6.07, 6.45) is 78.7. The lowest BCUT2D eigenvalue weighted by Gasteiger charge is -2.26. The minimum Gasteiger partial charge on any atom is -0.545 e. The SMILES string of the molecule is CCCCCCC/C=C\C/C=C\C/C=C\CCCCCCCCCCCCCCCCCCCCC(=O)OC(COC(=O)CCCCCCCCCCCCC/C=C\C/C=C\CCCCCCC)COC(OCC[N+](C)(C)C)C(=O)[O-]. The standard InChI is InChI=1S/C72H131NO8/c1-6-8-10-12-14-16-18-20-22-24-26-28-30-31-32-33-34-35-36-37-38-39-41-43-45-47-49-51-53-55-57-59-61-63-70(75)81-68(67-80-72(71(76)77)78-65-64-73(3,4)5)66-79-69(74)62-60-58-56-54-52-50-48-46-44-42-40-29-27-25-23-21-19-17-15-13-11-9-7-2/h18-21,24-27,30-31,68,72H,6-17,22-23,28-29,32-67H2,1-5H3/b20-18-,21-19-,26-24-,27-25-,31-30-. The van der Waals surface area contributed by atoms with Crippen LogP contribution in [0.15, 0.2) is 60.8 Å². The van der Waals surface area contributed by atoms with Crippen LogP contribution in [0.25, 0.3) is 0 Å². The molecule has 81 heavy (non-hydrogen) atoms. The van der Waals surface area contributed by atoms with Gasteiger partial charge in [0.1, 0.15) is 13.2 Å². The Balaban J connectivity index is 4.09. The van der Waals surface area contributed by atoms with Crippen LogP contribution >= 0.6 is 0 Å². The number of quaternary nitrogens is 1. The van der Waals surface area contributed by atoms with Gasteiger partial charge in [0.2, 0.25) is 0 Å². The molecule has 0 heterocycles. The predicted octanol–water partition coefficient (Wildman–Crippen LogP) is 19.8. The Labute approximate surface area is 501 Å². The first-order valence-corrected chi connectivity index (χ1v) is 34.4. The van der Waals surface area contributed by atoms with Crippen LogP contribution < -0.4 is 5.11 Å². The molecule has 9 heteroatoms. The lowest BCUT2D eigenvalue weighted by Crippen LogP contribution is -2.44. The van der Waals surface area contributed by atoms with Gasteiger partial charge in [-0.05, 0) is 83.5 Å². The molecule has 2 unspecified atom stereocenters. The Morgan fingerprint density at radius 2 is 0.667 bits per heavy atom. The van der Waals surface area contributed by atoms with Crippen molar-refractivity contribution >= 4 is 17.9 Å². The number of rotatable bonds is 64. The van der Waals surface area contributed by atoms with Crippen molar-refractivity contribution in [2.75, 3.05) is 47.5 Å². The van der Waals surface area contributed by atoms with E-state index in [1.165, 1.54) is 238 Å². The molecule has 2 atom stereocenters. The Hall–Kier alpha value is -3.01. The number of allylic oxidation sites excluding steroid dienone is 10. The van der Waals surface area contributed by atoms with Crippen LogP contribution in [0, 0.1) is 0 Å². The van der Waals surface area contributed by atoms with Gasteiger partial charge in [-0.2, -0.15) is 0 Å². The third-order valence-electron chi connectivity index (χ3n) is 15.2. The van der Waals surface area contributed by atoms with E-state index in [1.807, 2.05) is 21.1 Å². The molecule has 0 saturated carbocycles. The maximum absolute atomic E-state index is 12.9. The highest BCUT2D eigenvalue weighted by Crippen LogP contribution is 2.18. The number of carboxylic acid groups (broad SMARTS) is 1. The minimum atomic E-state index is -1.62. The van der Waals surface area contributed by atoms with Gasteiger partial charge in [-0.25, -0.2) is 0 Å². The Bertz CT molecular complexity index is 1510. The Kier molecular flexibility index (Phi) is 60.7. The number of likely N-dealkylation sites (N-methyl/N-ethyl adjacent to an activating group) is 1. The van der Waals surface area contributed by atoms with Crippen LogP contribution in [0.2, 0.25) is 0 Å². The van der Waals surface area contributed by atoms with Crippen LogP contribution in [0.3, 0.4) is 0 Å². The minimum absolute atomic E-state index is 0.148. The van der Waals surface area contributed by atoms with Crippen LogP contribution in [0.4, 0.5) is 0 Å². The normalized spacial score (nSPS) is 13.0. The van der Waals surface area contributed by atoms with E-state index in [2.05, 4.69) is 74.6 Å². The smallest absolute Gasteiger partial charge is 0.306 e. The number of carboxylic acids is 1. The molecule has 472 valence electrons. The van der Waals surface area contributed by atoms with Gasteiger partial charge in [0.05, 0.1) is 40.3 Å². The molecule has 0 aromatic rings. The van der Waals surface area contributed by atoms with E-state index < -0.39 is 24.3 Å². The number of hydrogen-bond acceptors (Lipinski definition) is 8. The van der Waals surface area contributed by atoms with Crippen LogP contribution in [0.1, 0.15) is 322 Å². The molecule has 0 aliphatic heterocycles. The van der Waals surface area contributed by atoms with Gasteiger partial charge in [-0.15, -0.1) is 0 Å². The van der Waals surface area contributed by atoms with Gasteiger partial charge < -0.3 is 33.3 Å². The fourth-order valence-corrected chi connectivity index (χ4v) is 9.93. The van der Waals surface area contributed by atoms with Gasteiger partial charge in [0.25, 0.3) is 0 Å². The first-order chi connectivity index (χ1) is 39.6. The molecule has 0 saturated heterocycles. The average Bonchev–Trinajstić information content (AvgIpc) is 3.44. The van der Waals surface area contributed by atoms with Gasteiger partial charge in [-0.1, -0.05) is 286 Å². The fraction of sp³-hybridized carbons (Fsp3) is 0.819. The van der Waals surface area contributed by atoms with Crippen molar-refractivity contribution in [3.05, 3.63) is 60.8 Å². The van der Waals surface area contributed by atoms with Gasteiger partial charge in [0.15, 0.2) is 12.4 Å². The van der Waals surface area contributed by atoms with Gasteiger partial charge in [0, 0.05) is 12.8 Å². The Morgan fingerprint density at radius 1 is 0.370 bits per heavy atom. The number of ether oxygens (including phenoxy) is 4. The number of unbranched alkanes of at least 4 members (excludes halogenated alkanes) is 39. The zero-order chi connectivity index (χ0) is 59.1. The maximum Gasteiger partial charge on any atom is 0.306 e. The molecular formula is C72H131NO8. The Morgan fingerprint density at radius 3 is 0.988 bits per heavy atom. The number of aliphatic carboxylic acids is 1. The molecule has 0 aliphatic carbocycles. The summed E-state index contributed by atoms with van der Waals surface area (Å²) < 4.78 is 22.8. The van der Waals surface area contributed by atoms with E-state index in [4.69, 9.17) is 18.9 Å². The molecule has 0 fully saturated rings. The van der Waals surface area contributed by atoms with E-state index in [0.29, 0.717) is 23.9 Å². The summed E-state index contributed by atoms with van der Waals surface area (Å²) in [6, 6.07) is 0. The summed E-state index contributed by atoms with van der Waals surface area (Å²) >= 11 is 0. The second kappa shape index (κ2) is 63.0. The fourth-order valence-electron chi connectivity index (χ4n) is 9.93. The zero-order valence-electron chi connectivity index (χ0n) is 53.9. The molecular weight excluding hydrogens is 1010 g/mol. The third-order valence-corrected chi connectivity index (χ3v) is 15.2. The van der Waals surface area contributed by atoms with E-state index in [9.17, 15) is 19.5 Å². The van der Waals surface area contributed by atoms with E-state index in [-0.39, 0.29) is 32.2 Å². The molecule has 0 spiro atoms. The lowest BCUT2D eigenvalue weighted by molar-refractivity contribution is -0.870. The molecule has 0 bridgehead atoms. The van der Waals surface area contributed by atoms with Crippen molar-refractivity contribution in [2.24, 2.45) is 0 Å². The topological polar surface area (TPSA) is 111 Å². The summed E-state index contributed by atoms with van der Waals surface area (Å²) in [7, 11) is 5.94. The van der Waals surface area contributed by atoms with Crippen molar-refractivity contribution in [1.29, 1.82) is 0 Å². The second-order valence-corrected chi connectivity index (χ2v) is 24.5. The van der Waals surface area contributed by atoms with Gasteiger partial charge in [-0.3, -0.25) is 9.59 Å². The van der Waals surface area contributed by atoms with E-state index in [1.54, 1.807) is 0 Å². The molecule has 0 radical (unpaired) electrons. The largest absolute Gasteiger partial charge is 0.545 e. The number of esters is 2. The molecule has 0 aromatic heterocycles. The monoisotopic (exact) mass is 1140 g/mol. The van der Waals surface area contributed by atoms with Crippen LogP contribution in [0.5, 0.6) is 0 Å². The predicted molar refractivity (Wildman–Crippen MR) is 343 cm³/mol. The van der Waals surface area contributed by atoms with Crippen LogP contribution in [-0.4, -0.2) is 82.3 Å². The number of nitrogens with zero attached hydrogens (tertiary/aromatic N) is 1. The van der Waals surface area contributed by atoms with E-state index >= 15 is 0 Å².